The zero-order valence-electron chi connectivity index (χ0n) is 10.9. The molecule has 106 valence electrons. The van der Waals surface area contributed by atoms with Crippen molar-refractivity contribution in [2.24, 2.45) is 0 Å². The molecule has 5 nitrogen and oxygen atoms in total. The van der Waals surface area contributed by atoms with E-state index < -0.39 is 0 Å². The molecule has 0 saturated carbocycles. The van der Waals surface area contributed by atoms with Crippen LogP contribution in [0.2, 0.25) is 4.34 Å². The largest absolute Gasteiger partial charge is 0.377 e. The highest BCUT2D eigenvalue weighted by Gasteiger charge is 2.23. The van der Waals surface area contributed by atoms with Crippen LogP contribution in [0.25, 0.3) is 0 Å². The highest BCUT2D eigenvalue weighted by atomic mass is 35.5. The summed E-state index contributed by atoms with van der Waals surface area (Å²) in [6, 6.07) is 0. The van der Waals surface area contributed by atoms with Crippen molar-refractivity contribution in [3.05, 3.63) is 10.0 Å². The van der Waals surface area contributed by atoms with Crippen molar-refractivity contribution in [2.45, 2.75) is 25.5 Å². The van der Waals surface area contributed by atoms with E-state index in [1.54, 1.807) is 0 Å². The molecule has 7 heteroatoms. The first kappa shape index (κ1) is 13.7. The molecule has 0 spiro atoms. The molecule has 2 fully saturated rings. The first-order valence-electron chi connectivity index (χ1n) is 6.84. The van der Waals surface area contributed by atoms with Gasteiger partial charge in [0.05, 0.1) is 6.10 Å². The Bertz CT molecular complexity index is 402. The fourth-order valence-electron chi connectivity index (χ4n) is 2.71. The molecule has 0 aliphatic carbocycles. The van der Waals surface area contributed by atoms with Crippen LogP contribution in [0, 0.1) is 0 Å². The van der Waals surface area contributed by atoms with Crippen LogP contribution in [0.5, 0.6) is 0 Å². The molecule has 3 heterocycles. The number of nitrogens with zero attached hydrogens (tertiary/aromatic N) is 4. The van der Waals surface area contributed by atoms with Gasteiger partial charge in [-0.1, -0.05) is 16.1 Å². The fourth-order valence-corrected chi connectivity index (χ4v) is 3.32. The first-order valence-corrected chi connectivity index (χ1v) is 7.99. The minimum absolute atomic E-state index is 0.462. The Kier molecular flexibility index (Phi) is 4.65. The maximum Gasteiger partial charge on any atom is 0.138 e. The van der Waals surface area contributed by atoms with E-state index in [0.29, 0.717) is 6.10 Å². The van der Waals surface area contributed by atoms with Crippen molar-refractivity contribution in [2.75, 3.05) is 39.3 Å². The lowest BCUT2D eigenvalue weighted by Crippen LogP contribution is -2.48. The van der Waals surface area contributed by atoms with E-state index in [0.717, 1.165) is 55.9 Å². The summed E-state index contributed by atoms with van der Waals surface area (Å²) < 4.78 is 10.3. The minimum Gasteiger partial charge on any atom is -0.377 e. The molecule has 0 amide bonds. The smallest absolute Gasteiger partial charge is 0.138 e. The molecule has 1 atom stereocenters. The van der Waals surface area contributed by atoms with Crippen LogP contribution in [-0.2, 0) is 11.3 Å². The number of hydrogen-bond acceptors (Lipinski definition) is 6. The molecule has 2 saturated heterocycles. The summed E-state index contributed by atoms with van der Waals surface area (Å²) in [6.07, 6.45) is 2.91. The van der Waals surface area contributed by atoms with Gasteiger partial charge in [-0.25, -0.2) is 0 Å². The molecule has 3 rings (SSSR count). The Morgan fingerprint density at radius 1 is 1.26 bits per heavy atom. The average Bonchev–Trinajstić information content (AvgIpc) is 3.05. The standard InChI is InChI=1S/C12H19ClN4OS/c13-12-11(14-15-19-12)9-17-5-3-16(4-6-17)8-10-2-1-7-18-10/h10H,1-9H2. The van der Waals surface area contributed by atoms with Crippen molar-refractivity contribution >= 4 is 23.1 Å². The van der Waals surface area contributed by atoms with Gasteiger partial charge in [-0.2, -0.15) is 0 Å². The van der Waals surface area contributed by atoms with E-state index in [1.165, 1.54) is 24.4 Å². The van der Waals surface area contributed by atoms with E-state index in [4.69, 9.17) is 16.3 Å². The molecule has 2 aliphatic rings. The van der Waals surface area contributed by atoms with Crippen molar-refractivity contribution in [1.29, 1.82) is 0 Å². The van der Waals surface area contributed by atoms with Gasteiger partial charge in [-0.3, -0.25) is 9.80 Å². The SMILES string of the molecule is Clc1snnc1CN1CCN(CC2CCCO2)CC1. The van der Waals surface area contributed by atoms with Gasteiger partial charge in [0.1, 0.15) is 10.0 Å². The van der Waals surface area contributed by atoms with Crippen LogP contribution < -0.4 is 0 Å². The van der Waals surface area contributed by atoms with E-state index in [2.05, 4.69) is 19.4 Å². The highest BCUT2D eigenvalue weighted by molar-refractivity contribution is 7.10. The van der Waals surface area contributed by atoms with Crippen molar-refractivity contribution < 1.29 is 4.74 Å². The number of hydrogen-bond donors (Lipinski definition) is 0. The zero-order chi connectivity index (χ0) is 13.1. The molecule has 1 unspecified atom stereocenters. The van der Waals surface area contributed by atoms with Crippen LogP contribution in [0.4, 0.5) is 0 Å². The van der Waals surface area contributed by atoms with E-state index >= 15 is 0 Å². The third kappa shape index (κ3) is 3.64. The van der Waals surface area contributed by atoms with Crippen LogP contribution >= 0.6 is 23.1 Å². The van der Waals surface area contributed by atoms with Gasteiger partial charge < -0.3 is 4.74 Å². The number of rotatable bonds is 4. The number of aromatic nitrogens is 2. The first-order chi connectivity index (χ1) is 9.31. The molecule has 1 aromatic rings. The van der Waals surface area contributed by atoms with E-state index in [9.17, 15) is 0 Å². The van der Waals surface area contributed by atoms with Gasteiger partial charge in [0.2, 0.25) is 0 Å². The normalized spacial score (nSPS) is 26.1. The molecule has 19 heavy (non-hydrogen) atoms. The molecule has 0 radical (unpaired) electrons. The topological polar surface area (TPSA) is 41.5 Å². The lowest BCUT2D eigenvalue weighted by Gasteiger charge is -2.35. The van der Waals surface area contributed by atoms with Gasteiger partial charge in [-0.05, 0) is 12.8 Å². The Balaban J connectivity index is 1.43. The maximum absolute atomic E-state index is 6.04. The van der Waals surface area contributed by atoms with Crippen molar-refractivity contribution in [3.8, 4) is 0 Å². The highest BCUT2D eigenvalue weighted by Crippen LogP contribution is 2.20. The molecular weight excluding hydrogens is 284 g/mol. The summed E-state index contributed by atoms with van der Waals surface area (Å²) in [4.78, 5) is 4.90. The quantitative estimate of drug-likeness (QED) is 0.843. The molecule has 2 aliphatic heterocycles. The average molecular weight is 303 g/mol. The van der Waals surface area contributed by atoms with Gasteiger partial charge in [0, 0.05) is 57.4 Å². The summed E-state index contributed by atoms with van der Waals surface area (Å²) in [5, 5.41) is 4.07. The molecule has 0 aromatic carbocycles. The monoisotopic (exact) mass is 302 g/mol. The molecule has 0 bridgehead atoms. The van der Waals surface area contributed by atoms with E-state index in [-0.39, 0.29) is 0 Å². The lowest BCUT2D eigenvalue weighted by atomic mass is 10.2. The second kappa shape index (κ2) is 6.45. The van der Waals surface area contributed by atoms with Gasteiger partial charge in [0.25, 0.3) is 0 Å². The number of ether oxygens (including phenoxy) is 1. The number of halogens is 1. The van der Waals surface area contributed by atoms with Crippen molar-refractivity contribution in [3.63, 3.8) is 0 Å². The summed E-state index contributed by atoms with van der Waals surface area (Å²) in [5.74, 6) is 0. The van der Waals surface area contributed by atoms with Crippen LogP contribution in [0.1, 0.15) is 18.5 Å². The Morgan fingerprint density at radius 3 is 2.68 bits per heavy atom. The predicted molar refractivity (Wildman–Crippen MR) is 75.6 cm³/mol. The second-order valence-corrected chi connectivity index (χ2v) is 6.56. The molecule has 1 aromatic heterocycles. The Labute approximate surface area is 122 Å². The van der Waals surface area contributed by atoms with Gasteiger partial charge in [-0.15, -0.1) is 5.10 Å². The number of piperazine rings is 1. The third-order valence-electron chi connectivity index (χ3n) is 3.83. The molecule has 0 N–H and O–H groups in total. The van der Waals surface area contributed by atoms with Crippen molar-refractivity contribution in [1.82, 2.24) is 19.4 Å². The second-order valence-electron chi connectivity index (χ2n) is 5.21. The summed E-state index contributed by atoms with van der Waals surface area (Å²) in [7, 11) is 0. The fraction of sp³-hybridized carbons (Fsp3) is 0.833. The lowest BCUT2D eigenvalue weighted by molar-refractivity contribution is 0.0487. The summed E-state index contributed by atoms with van der Waals surface area (Å²) in [5.41, 5.74) is 0.916. The minimum atomic E-state index is 0.462. The summed E-state index contributed by atoms with van der Waals surface area (Å²) >= 11 is 7.31. The third-order valence-corrected chi connectivity index (χ3v) is 4.82. The predicted octanol–water partition coefficient (Wildman–Crippen LogP) is 1.49. The molecular formula is C12H19ClN4OS. The van der Waals surface area contributed by atoms with Crippen LogP contribution in [0.3, 0.4) is 0 Å². The maximum atomic E-state index is 6.04. The van der Waals surface area contributed by atoms with Gasteiger partial charge in [0.15, 0.2) is 0 Å². The zero-order valence-corrected chi connectivity index (χ0v) is 12.5. The van der Waals surface area contributed by atoms with E-state index in [1.807, 2.05) is 0 Å². The van der Waals surface area contributed by atoms with Crippen LogP contribution in [-0.4, -0.2) is 64.8 Å². The Hall–Kier alpha value is -0.270. The summed E-state index contributed by atoms with van der Waals surface area (Å²) in [6.45, 7) is 7.21. The Morgan fingerprint density at radius 2 is 2.05 bits per heavy atom. The van der Waals surface area contributed by atoms with Crippen LogP contribution in [0.15, 0.2) is 0 Å². The van der Waals surface area contributed by atoms with Gasteiger partial charge >= 0.3 is 0 Å².